The monoisotopic (exact) mass is 254 g/mol. The summed E-state index contributed by atoms with van der Waals surface area (Å²) in [7, 11) is 0. The van der Waals surface area contributed by atoms with Crippen LogP contribution in [-0.2, 0) is 6.42 Å². The number of rotatable bonds is 1. The Bertz CT molecular complexity index is 623. The van der Waals surface area contributed by atoms with E-state index in [-0.39, 0.29) is 5.41 Å². The van der Waals surface area contributed by atoms with Crippen molar-refractivity contribution in [2.75, 3.05) is 0 Å². The van der Waals surface area contributed by atoms with Crippen LogP contribution in [0, 0.1) is 5.41 Å². The Morgan fingerprint density at radius 3 is 2.58 bits per heavy atom. The first-order valence-electron chi connectivity index (χ1n) is 6.58. The average molecular weight is 254 g/mol. The molecule has 2 aromatic rings. The van der Waals surface area contributed by atoms with Crippen LogP contribution in [0.2, 0.25) is 0 Å². The zero-order valence-corrected chi connectivity index (χ0v) is 11.3. The molecule has 0 amide bonds. The minimum Gasteiger partial charge on any atom is -0.411 e. The highest BCUT2D eigenvalue weighted by Crippen LogP contribution is 2.36. The van der Waals surface area contributed by atoms with E-state index in [1.807, 2.05) is 18.2 Å². The summed E-state index contributed by atoms with van der Waals surface area (Å²) in [6.07, 6.45) is 1.79. The van der Waals surface area contributed by atoms with E-state index in [0.717, 1.165) is 35.4 Å². The van der Waals surface area contributed by atoms with E-state index in [1.165, 1.54) is 5.69 Å². The first-order valence-corrected chi connectivity index (χ1v) is 6.58. The maximum Gasteiger partial charge on any atom is 0.0891 e. The minimum atomic E-state index is 0.132. The zero-order chi connectivity index (χ0) is 13.5. The average Bonchev–Trinajstić information content (AvgIpc) is 2.81. The van der Waals surface area contributed by atoms with Crippen molar-refractivity contribution >= 4 is 5.71 Å². The molecule has 3 rings (SSSR count). The quantitative estimate of drug-likeness (QED) is 0.589. The van der Waals surface area contributed by atoms with Crippen LogP contribution < -0.4 is 0 Å². The van der Waals surface area contributed by atoms with Gasteiger partial charge in [-0.1, -0.05) is 49.3 Å². The molecule has 0 spiro atoms. The van der Waals surface area contributed by atoms with Gasteiger partial charge in [-0.2, -0.15) is 0 Å². The van der Waals surface area contributed by atoms with Crippen LogP contribution in [0.5, 0.6) is 0 Å². The van der Waals surface area contributed by atoms with Crippen molar-refractivity contribution in [3.05, 3.63) is 47.7 Å². The summed E-state index contributed by atoms with van der Waals surface area (Å²) in [5.41, 5.74) is 5.39. The van der Waals surface area contributed by atoms with Crippen molar-refractivity contribution < 1.29 is 5.21 Å². The molecule has 0 saturated carbocycles. The molecule has 0 fully saturated rings. The van der Waals surface area contributed by atoms with E-state index in [0.29, 0.717) is 0 Å². The largest absolute Gasteiger partial charge is 0.411 e. The van der Waals surface area contributed by atoms with Crippen LogP contribution in [0.15, 0.2) is 41.6 Å². The van der Waals surface area contributed by atoms with Crippen LogP contribution in [0.3, 0.4) is 0 Å². The highest BCUT2D eigenvalue weighted by Gasteiger charge is 2.31. The molecule has 1 aromatic carbocycles. The number of aromatic nitrogens is 1. The number of nitrogens with one attached hydrogen (secondary N) is 1. The second-order valence-electron chi connectivity index (χ2n) is 6.01. The number of fused-ring (bicyclic) bond motifs is 1. The van der Waals surface area contributed by atoms with E-state index in [1.54, 1.807) is 0 Å². The van der Waals surface area contributed by atoms with Crippen molar-refractivity contribution in [2.24, 2.45) is 10.6 Å². The predicted octanol–water partition coefficient (Wildman–Crippen LogP) is 3.83. The van der Waals surface area contributed by atoms with Gasteiger partial charge in [0.2, 0.25) is 0 Å². The first kappa shape index (κ1) is 12.0. The maximum absolute atomic E-state index is 9.22. The van der Waals surface area contributed by atoms with Gasteiger partial charge in [-0.25, -0.2) is 0 Å². The second kappa shape index (κ2) is 4.26. The van der Waals surface area contributed by atoms with Crippen molar-refractivity contribution in [1.29, 1.82) is 0 Å². The third-order valence-electron chi connectivity index (χ3n) is 3.72. The molecule has 2 N–H and O–H groups in total. The van der Waals surface area contributed by atoms with E-state index >= 15 is 0 Å². The molecule has 1 aromatic heterocycles. The minimum absolute atomic E-state index is 0.132. The molecule has 19 heavy (non-hydrogen) atoms. The summed E-state index contributed by atoms with van der Waals surface area (Å²) in [6.45, 7) is 4.40. The Balaban J connectivity index is 2.09. The molecule has 0 atom stereocenters. The van der Waals surface area contributed by atoms with E-state index < -0.39 is 0 Å². The number of hydrogen-bond acceptors (Lipinski definition) is 2. The SMILES string of the molecule is CC1(C)C/C(=N/O)c2cc(-c3ccccc3)[nH]c2C1. The summed E-state index contributed by atoms with van der Waals surface area (Å²) in [4.78, 5) is 3.48. The van der Waals surface area contributed by atoms with Crippen LogP contribution in [0.25, 0.3) is 11.3 Å². The van der Waals surface area contributed by atoms with Gasteiger partial charge in [0.15, 0.2) is 0 Å². The Kier molecular flexibility index (Phi) is 2.70. The third-order valence-corrected chi connectivity index (χ3v) is 3.72. The van der Waals surface area contributed by atoms with Crippen molar-refractivity contribution in [2.45, 2.75) is 26.7 Å². The van der Waals surface area contributed by atoms with Gasteiger partial charge in [0, 0.05) is 17.0 Å². The molecule has 0 aliphatic heterocycles. The Morgan fingerprint density at radius 1 is 1.16 bits per heavy atom. The smallest absolute Gasteiger partial charge is 0.0891 e. The molecule has 3 heteroatoms. The van der Waals surface area contributed by atoms with E-state index in [4.69, 9.17) is 0 Å². The lowest BCUT2D eigenvalue weighted by atomic mass is 9.76. The second-order valence-corrected chi connectivity index (χ2v) is 6.01. The van der Waals surface area contributed by atoms with Gasteiger partial charge >= 0.3 is 0 Å². The van der Waals surface area contributed by atoms with Crippen LogP contribution in [0.4, 0.5) is 0 Å². The molecule has 3 nitrogen and oxygen atoms in total. The lowest BCUT2D eigenvalue weighted by Crippen LogP contribution is -2.26. The molecule has 1 aliphatic carbocycles. The Hall–Kier alpha value is -2.03. The fraction of sp³-hybridized carbons (Fsp3) is 0.312. The van der Waals surface area contributed by atoms with Crippen LogP contribution in [-0.4, -0.2) is 15.9 Å². The number of H-pyrrole nitrogens is 1. The summed E-state index contributed by atoms with van der Waals surface area (Å²) in [6, 6.07) is 12.3. The molecule has 1 aliphatic rings. The fourth-order valence-electron chi connectivity index (χ4n) is 2.85. The fourth-order valence-corrected chi connectivity index (χ4v) is 2.85. The van der Waals surface area contributed by atoms with Gasteiger partial charge in [0.25, 0.3) is 0 Å². The van der Waals surface area contributed by atoms with E-state index in [9.17, 15) is 5.21 Å². The van der Waals surface area contributed by atoms with Crippen molar-refractivity contribution in [1.82, 2.24) is 4.98 Å². The lowest BCUT2D eigenvalue weighted by molar-refractivity contribution is 0.306. The lowest BCUT2D eigenvalue weighted by Gasteiger charge is -2.29. The standard InChI is InChI=1S/C16H18N2O/c1-16(2)9-14-12(15(10-16)18-19)8-13(17-14)11-6-4-3-5-7-11/h3-8,17,19H,9-10H2,1-2H3/b18-15-. The van der Waals surface area contributed by atoms with Crippen molar-refractivity contribution in [3.8, 4) is 11.3 Å². The summed E-state index contributed by atoms with van der Waals surface area (Å²) >= 11 is 0. The number of benzene rings is 1. The summed E-state index contributed by atoms with van der Waals surface area (Å²) in [5.74, 6) is 0. The van der Waals surface area contributed by atoms with Gasteiger partial charge in [0.1, 0.15) is 0 Å². The highest BCUT2D eigenvalue weighted by atomic mass is 16.4. The van der Waals surface area contributed by atoms with E-state index in [2.05, 4.69) is 42.2 Å². The highest BCUT2D eigenvalue weighted by molar-refractivity contribution is 6.03. The normalized spacial score (nSPS) is 19.4. The summed E-state index contributed by atoms with van der Waals surface area (Å²) < 4.78 is 0. The number of nitrogens with zero attached hydrogens (tertiary/aromatic N) is 1. The number of hydrogen-bond donors (Lipinski definition) is 2. The van der Waals surface area contributed by atoms with Gasteiger partial charge < -0.3 is 10.2 Å². The van der Waals surface area contributed by atoms with Crippen LogP contribution in [0.1, 0.15) is 31.5 Å². The molecule has 1 heterocycles. The molecular weight excluding hydrogens is 236 g/mol. The predicted molar refractivity (Wildman–Crippen MR) is 76.7 cm³/mol. The molecular formula is C16H18N2O. The number of aromatic amines is 1. The third kappa shape index (κ3) is 2.16. The van der Waals surface area contributed by atoms with Gasteiger partial charge in [-0.05, 0) is 29.9 Å². The maximum atomic E-state index is 9.22. The van der Waals surface area contributed by atoms with Gasteiger partial charge in [-0.3, -0.25) is 0 Å². The molecule has 0 radical (unpaired) electrons. The molecule has 0 unspecified atom stereocenters. The molecule has 98 valence electrons. The van der Waals surface area contributed by atoms with Crippen molar-refractivity contribution in [3.63, 3.8) is 0 Å². The van der Waals surface area contributed by atoms with Gasteiger partial charge in [-0.15, -0.1) is 0 Å². The summed E-state index contributed by atoms with van der Waals surface area (Å²) in [5, 5.41) is 12.7. The van der Waals surface area contributed by atoms with Crippen LogP contribution >= 0.6 is 0 Å². The Labute approximate surface area is 113 Å². The zero-order valence-electron chi connectivity index (χ0n) is 11.3. The molecule has 0 saturated heterocycles. The first-order chi connectivity index (χ1) is 9.09. The molecule has 0 bridgehead atoms. The Morgan fingerprint density at radius 2 is 1.89 bits per heavy atom. The topological polar surface area (TPSA) is 48.4 Å². The number of oxime groups is 1. The van der Waals surface area contributed by atoms with Gasteiger partial charge in [0.05, 0.1) is 5.71 Å².